The highest BCUT2D eigenvalue weighted by atomic mass is 32.2. The van der Waals surface area contributed by atoms with Crippen molar-refractivity contribution in [2.24, 2.45) is 0 Å². The molecule has 1 N–H and O–H groups in total. The molecule has 0 aliphatic rings. The zero-order chi connectivity index (χ0) is 14.9. The SMILES string of the molecule is COc1ncccc1NS(=O)(=O)c1cccc2nsnc12. The molecule has 3 rings (SSSR count). The number of methoxy groups -OCH3 is 1. The summed E-state index contributed by atoms with van der Waals surface area (Å²) < 4.78 is 40.6. The van der Waals surface area contributed by atoms with Gasteiger partial charge in [-0.3, -0.25) is 4.72 Å². The third-order valence-electron chi connectivity index (χ3n) is 2.75. The van der Waals surface area contributed by atoms with Gasteiger partial charge < -0.3 is 4.74 Å². The number of pyridine rings is 1. The molecule has 0 aliphatic heterocycles. The van der Waals surface area contributed by atoms with Crippen molar-refractivity contribution >= 4 is 38.5 Å². The topological polar surface area (TPSA) is 94.1 Å². The number of hydrogen-bond donors (Lipinski definition) is 1. The van der Waals surface area contributed by atoms with E-state index in [4.69, 9.17) is 4.74 Å². The minimum atomic E-state index is -3.81. The van der Waals surface area contributed by atoms with E-state index >= 15 is 0 Å². The molecule has 0 fully saturated rings. The molecule has 2 aromatic heterocycles. The summed E-state index contributed by atoms with van der Waals surface area (Å²) in [5.41, 5.74) is 1.15. The summed E-state index contributed by atoms with van der Waals surface area (Å²) in [5, 5.41) is 0. The summed E-state index contributed by atoms with van der Waals surface area (Å²) in [7, 11) is -2.39. The smallest absolute Gasteiger partial charge is 0.264 e. The van der Waals surface area contributed by atoms with Gasteiger partial charge in [-0.15, -0.1) is 0 Å². The fraction of sp³-hybridized carbons (Fsp3) is 0.0833. The molecule has 0 amide bonds. The highest BCUT2D eigenvalue weighted by molar-refractivity contribution is 7.93. The van der Waals surface area contributed by atoms with E-state index in [0.29, 0.717) is 11.0 Å². The van der Waals surface area contributed by atoms with Crippen LogP contribution in [-0.4, -0.2) is 29.3 Å². The molecular formula is C12H10N4O3S2. The molecule has 108 valence electrons. The average Bonchev–Trinajstić information content (AvgIpc) is 2.95. The number of benzene rings is 1. The first-order valence-corrected chi connectivity index (χ1v) is 8.06. The lowest BCUT2D eigenvalue weighted by Crippen LogP contribution is -2.14. The van der Waals surface area contributed by atoms with E-state index in [1.54, 1.807) is 24.3 Å². The van der Waals surface area contributed by atoms with Gasteiger partial charge in [-0.2, -0.15) is 8.75 Å². The van der Waals surface area contributed by atoms with Crippen LogP contribution in [0.4, 0.5) is 5.69 Å². The van der Waals surface area contributed by atoms with Gasteiger partial charge in [0, 0.05) is 6.20 Å². The van der Waals surface area contributed by atoms with Crippen molar-refractivity contribution in [2.75, 3.05) is 11.8 Å². The van der Waals surface area contributed by atoms with Gasteiger partial charge in [0.2, 0.25) is 5.88 Å². The fourth-order valence-corrected chi connectivity index (χ4v) is 3.65. The van der Waals surface area contributed by atoms with Gasteiger partial charge in [-0.1, -0.05) is 6.07 Å². The predicted molar refractivity (Wildman–Crippen MR) is 79.0 cm³/mol. The first-order chi connectivity index (χ1) is 10.1. The first kappa shape index (κ1) is 13.7. The van der Waals surface area contributed by atoms with E-state index in [2.05, 4.69) is 18.5 Å². The molecule has 3 aromatic rings. The highest BCUT2D eigenvalue weighted by Gasteiger charge is 2.21. The minimum Gasteiger partial charge on any atom is -0.480 e. The molecule has 0 saturated carbocycles. The summed E-state index contributed by atoms with van der Waals surface area (Å²) in [5.74, 6) is 0.199. The average molecular weight is 322 g/mol. The van der Waals surface area contributed by atoms with Crippen molar-refractivity contribution in [3.8, 4) is 5.88 Å². The number of nitrogens with one attached hydrogen (secondary N) is 1. The van der Waals surface area contributed by atoms with Crippen LogP contribution in [0.1, 0.15) is 0 Å². The zero-order valence-electron chi connectivity index (χ0n) is 10.8. The molecule has 2 heterocycles. The molecule has 9 heteroatoms. The lowest BCUT2D eigenvalue weighted by molar-refractivity contribution is 0.400. The van der Waals surface area contributed by atoms with E-state index in [1.165, 1.54) is 19.4 Å². The van der Waals surface area contributed by atoms with Crippen molar-refractivity contribution in [2.45, 2.75) is 4.90 Å². The van der Waals surface area contributed by atoms with Crippen LogP contribution < -0.4 is 9.46 Å². The van der Waals surface area contributed by atoms with E-state index in [-0.39, 0.29) is 16.5 Å². The third-order valence-corrected chi connectivity index (χ3v) is 4.69. The Labute approximate surface area is 125 Å². The molecule has 0 saturated heterocycles. The van der Waals surface area contributed by atoms with Crippen molar-refractivity contribution in [3.63, 3.8) is 0 Å². The summed E-state index contributed by atoms with van der Waals surface area (Å²) >= 11 is 0.968. The number of sulfonamides is 1. The Balaban J connectivity index is 2.07. The van der Waals surface area contributed by atoms with Crippen molar-refractivity contribution < 1.29 is 13.2 Å². The van der Waals surface area contributed by atoms with Gasteiger partial charge in [0.05, 0.1) is 18.8 Å². The quantitative estimate of drug-likeness (QED) is 0.788. The minimum absolute atomic E-state index is 0.0691. The second-order valence-corrected chi connectivity index (χ2v) is 6.23. The van der Waals surface area contributed by atoms with Crippen LogP contribution in [0.3, 0.4) is 0 Å². The number of fused-ring (bicyclic) bond motifs is 1. The Morgan fingerprint density at radius 2 is 2.05 bits per heavy atom. The van der Waals surface area contributed by atoms with E-state index in [9.17, 15) is 8.42 Å². The highest BCUT2D eigenvalue weighted by Crippen LogP contribution is 2.26. The Bertz CT molecular complexity index is 892. The van der Waals surface area contributed by atoms with Crippen molar-refractivity contribution in [1.82, 2.24) is 13.7 Å². The normalized spacial score (nSPS) is 11.5. The second kappa shape index (κ2) is 5.26. The number of nitrogens with zero attached hydrogens (tertiary/aromatic N) is 3. The number of ether oxygens (including phenoxy) is 1. The van der Waals surface area contributed by atoms with Gasteiger partial charge in [0.1, 0.15) is 21.6 Å². The Morgan fingerprint density at radius 3 is 2.86 bits per heavy atom. The van der Waals surface area contributed by atoms with Gasteiger partial charge in [0.25, 0.3) is 10.0 Å². The number of hydrogen-bond acceptors (Lipinski definition) is 7. The van der Waals surface area contributed by atoms with Gasteiger partial charge in [0.15, 0.2) is 0 Å². The number of rotatable bonds is 4. The summed E-state index contributed by atoms with van der Waals surface area (Å²) in [6, 6.07) is 8.00. The predicted octanol–water partition coefficient (Wildman–Crippen LogP) is 1.90. The molecule has 0 atom stereocenters. The molecule has 0 aliphatic carbocycles. The Morgan fingerprint density at radius 1 is 1.19 bits per heavy atom. The van der Waals surface area contributed by atoms with Crippen LogP contribution in [-0.2, 0) is 10.0 Å². The van der Waals surface area contributed by atoms with Crippen molar-refractivity contribution in [1.29, 1.82) is 0 Å². The Kier molecular flexibility index (Phi) is 3.43. The zero-order valence-corrected chi connectivity index (χ0v) is 12.5. The summed E-state index contributed by atoms with van der Waals surface area (Å²) in [6.07, 6.45) is 1.52. The first-order valence-electron chi connectivity index (χ1n) is 5.85. The molecule has 0 bridgehead atoms. The molecule has 0 radical (unpaired) electrons. The van der Waals surface area contributed by atoms with Gasteiger partial charge in [-0.05, 0) is 24.3 Å². The summed E-state index contributed by atoms with van der Waals surface area (Å²) in [6.45, 7) is 0. The molecule has 0 unspecified atom stereocenters. The number of anilines is 1. The lowest BCUT2D eigenvalue weighted by Gasteiger charge is -2.10. The van der Waals surface area contributed by atoms with Crippen LogP contribution in [0.2, 0.25) is 0 Å². The molecule has 1 aromatic carbocycles. The van der Waals surface area contributed by atoms with Crippen molar-refractivity contribution in [3.05, 3.63) is 36.5 Å². The molecule has 7 nitrogen and oxygen atoms in total. The van der Waals surface area contributed by atoms with Crippen LogP contribution in [0.5, 0.6) is 5.88 Å². The largest absolute Gasteiger partial charge is 0.480 e. The maximum Gasteiger partial charge on any atom is 0.264 e. The maximum absolute atomic E-state index is 12.5. The summed E-state index contributed by atoms with van der Waals surface area (Å²) in [4.78, 5) is 4.02. The molecule has 0 spiro atoms. The van der Waals surface area contributed by atoms with E-state index in [1.807, 2.05) is 0 Å². The maximum atomic E-state index is 12.5. The number of aromatic nitrogens is 3. The molecule has 21 heavy (non-hydrogen) atoms. The Hall–Kier alpha value is -2.26. The van der Waals surface area contributed by atoms with E-state index in [0.717, 1.165) is 11.7 Å². The van der Waals surface area contributed by atoms with Gasteiger partial charge >= 0.3 is 0 Å². The third kappa shape index (κ3) is 2.52. The monoisotopic (exact) mass is 322 g/mol. The van der Waals surface area contributed by atoms with Crippen LogP contribution in [0.25, 0.3) is 11.0 Å². The van der Waals surface area contributed by atoms with Crippen LogP contribution >= 0.6 is 11.7 Å². The molecular weight excluding hydrogens is 312 g/mol. The standard InChI is InChI=1S/C12H10N4O3S2/c1-19-12-9(5-3-7-13-12)16-21(17,18)10-6-2-4-8-11(10)15-20-14-8/h2-7,16H,1H3. The van der Waals surface area contributed by atoms with Gasteiger partial charge in [-0.25, -0.2) is 13.4 Å². The fourth-order valence-electron chi connectivity index (χ4n) is 1.83. The van der Waals surface area contributed by atoms with Crippen LogP contribution in [0, 0.1) is 0 Å². The second-order valence-electron chi connectivity index (χ2n) is 4.05. The van der Waals surface area contributed by atoms with E-state index < -0.39 is 10.0 Å². The lowest BCUT2D eigenvalue weighted by atomic mass is 10.3. The van der Waals surface area contributed by atoms with Crippen LogP contribution in [0.15, 0.2) is 41.4 Å².